The predicted molar refractivity (Wildman–Crippen MR) is 71.8 cm³/mol. The van der Waals surface area contributed by atoms with E-state index in [0.29, 0.717) is 29.8 Å². The van der Waals surface area contributed by atoms with Crippen LogP contribution in [0.2, 0.25) is 5.15 Å². The number of aromatic nitrogens is 1. The van der Waals surface area contributed by atoms with E-state index in [4.69, 9.17) is 16.1 Å². The molecule has 4 nitrogen and oxygen atoms in total. The summed E-state index contributed by atoms with van der Waals surface area (Å²) in [6, 6.07) is 2.07. The molecule has 1 aromatic rings. The number of aryl methyl sites for hydroxylation is 1. The highest BCUT2D eigenvalue weighted by Gasteiger charge is 2.39. The largest absolute Gasteiger partial charge is 0.360 e. The van der Waals surface area contributed by atoms with Crippen LogP contribution in [-0.4, -0.2) is 17.1 Å². The maximum atomic E-state index is 12.0. The molecule has 5 heteroatoms. The van der Waals surface area contributed by atoms with Crippen molar-refractivity contribution in [3.05, 3.63) is 17.0 Å². The number of fused-ring (bicyclic) bond motifs is 1. The van der Waals surface area contributed by atoms with Crippen molar-refractivity contribution in [2.45, 2.75) is 51.0 Å². The second kappa shape index (κ2) is 5.53. The van der Waals surface area contributed by atoms with Crippen molar-refractivity contribution in [3.8, 4) is 0 Å². The van der Waals surface area contributed by atoms with Crippen LogP contribution in [0.5, 0.6) is 0 Å². The van der Waals surface area contributed by atoms with E-state index in [1.54, 1.807) is 6.07 Å². The third-order valence-electron chi connectivity index (χ3n) is 4.56. The highest BCUT2D eigenvalue weighted by molar-refractivity contribution is 6.29. The quantitative estimate of drug-likeness (QED) is 0.924. The average Bonchev–Trinajstić information content (AvgIpc) is 3.05. The Balaban J connectivity index is 1.46. The summed E-state index contributed by atoms with van der Waals surface area (Å²) in [6.45, 7) is 0. The molecule has 3 rings (SSSR count). The molecule has 0 aromatic carbocycles. The number of nitrogens with one attached hydrogen (secondary N) is 1. The zero-order valence-electron chi connectivity index (χ0n) is 10.9. The summed E-state index contributed by atoms with van der Waals surface area (Å²) in [7, 11) is 0. The molecule has 2 aliphatic rings. The van der Waals surface area contributed by atoms with Gasteiger partial charge in [0.2, 0.25) is 5.91 Å². The molecule has 2 aliphatic carbocycles. The molecule has 0 spiro atoms. The molecule has 0 unspecified atom stereocenters. The van der Waals surface area contributed by atoms with Gasteiger partial charge in [-0.1, -0.05) is 29.6 Å². The lowest BCUT2D eigenvalue weighted by molar-refractivity contribution is -0.122. The molecule has 0 bridgehead atoms. The number of hydrogen-bond acceptors (Lipinski definition) is 3. The fourth-order valence-corrected chi connectivity index (χ4v) is 3.82. The molecular formula is C14H19ClN2O2. The Morgan fingerprint density at radius 3 is 3.11 bits per heavy atom. The van der Waals surface area contributed by atoms with E-state index < -0.39 is 0 Å². The Morgan fingerprint density at radius 2 is 2.32 bits per heavy atom. The molecule has 0 aliphatic heterocycles. The van der Waals surface area contributed by atoms with E-state index >= 15 is 0 Å². The highest BCUT2D eigenvalue weighted by atomic mass is 35.5. The third-order valence-corrected chi connectivity index (χ3v) is 4.74. The van der Waals surface area contributed by atoms with Crippen molar-refractivity contribution >= 4 is 17.5 Å². The third kappa shape index (κ3) is 2.94. The van der Waals surface area contributed by atoms with Gasteiger partial charge >= 0.3 is 0 Å². The topological polar surface area (TPSA) is 55.1 Å². The van der Waals surface area contributed by atoms with E-state index in [2.05, 4.69) is 10.5 Å². The molecule has 3 atom stereocenters. The van der Waals surface area contributed by atoms with Gasteiger partial charge in [0.25, 0.3) is 0 Å². The van der Waals surface area contributed by atoms with Crippen molar-refractivity contribution in [3.63, 3.8) is 0 Å². The van der Waals surface area contributed by atoms with Crippen LogP contribution < -0.4 is 5.32 Å². The van der Waals surface area contributed by atoms with Crippen LogP contribution in [0.3, 0.4) is 0 Å². The molecule has 2 fully saturated rings. The van der Waals surface area contributed by atoms with Crippen LogP contribution in [0.15, 0.2) is 10.6 Å². The van der Waals surface area contributed by atoms with Gasteiger partial charge in [-0.05, 0) is 31.1 Å². The predicted octanol–water partition coefficient (Wildman–Crippen LogP) is 2.96. The minimum absolute atomic E-state index is 0.116. The smallest absolute Gasteiger partial charge is 0.220 e. The Hall–Kier alpha value is -1.03. The van der Waals surface area contributed by atoms with E-state index in [0.717, 1.165) is 18.3 Å². The number of carbonyl (C=O) groups excluding carboxylic acids is 1. The summed E-state index contributed by atoms with van der Waals surface area (Å²) in [4.78, 5) is 12.0. The minimum atomic E-state index is 0.116. The van der Waals surface area contributed by atoms with Crippen molar-refractivity contribution in [2.75, 3.05) is 0 Å². The summed E-state index contributed by atoms with van der Waals surface area (Å²) in [5.74, 6) is 2.37. The van der Waals surface area contributed by atoms with Crippen molar-refractivity contribution in [2.24, 2.45) is 11.8 Å². The Morgan fingerprint density at radius 1 is 1.42 bits per heavy atom. The number of nitrogens with zero attached hydrogens (tertiary/aromatic N) is 1. The molecule has 1 aromatic heterocycles. The second-order valence-corrected chi connectivity index (χ2v) is 6.11. The number of carbonyl (C=O) groups is 1. The second-order valence-electron chi connectivity index (χ2n) is 5.72. The monoisotopic (exact) mass is 282 g/mol. The molecule has 2 saturated carbocycles. The molecule has 1 amide bonds. The number of rotatable bonds is 4. The standard InChI is InChI=1S/C14H19ClN2O2/c15-13-8-10(19-17-13)5-7-14(18)16-12-6-4-9-2-1-3-11(9)12/h8-9,11-12H,1-7H2,(H,16,18)/t9-,11-,12-/m1/s1. The van der Waals surface area contributed by atoms with Gasteiger partial charge in [-0.15, -0.1) is 0 Å². The highest BCUT2D eigenvalue weighted by Crippen LogP contribution is 2.43. The maximum absolute atomic E-state index is 12.0. The molecule has 0 saturated heterocycles. The number of hydrogen-bond donors (Lipinski definition) is 1. The van der Waals surface area contributed by atoms with Crippen LogP contribution in [0.4, 0.5) is 0 Å². The fourth-order valence-electron chi connectivity index (χ4n) is 3.66. The first kappa shape index (κ1) is 13.0. The molecule has 1 N–H and O–H groups in total. The van der Waals surface area contributed by atoms with Crippen LogP contribution in [-0.2, 0) is 11.2 Å². The van der Waals surface area contributed by atoms with Gasteiger partial charge in [0.05, 0.1) is 0 Å². The SMILES string of the molecule is O=C(CCc1cc(Cl)no1)N[C@@H]1CC[C@H]2CCC[C@H]21. The first-order valence-electron chi connectivity index (χ1n) is 7.13. The van der Waals surface area contributed by atoms with Gasteiger partial charge in [0.15, 0.2) is 5.15 Å². The van der Waals surface area contributed by atoms with E-state index in [-0.39, 0.29) is 5.91 Å². The van der Waals surface area contributed by atoms with Crippen LogP contribution in [0.25, 0.3) is 0 Å². The summed E-state index contributed by atoms with van der Waals surface area (Å²) in [6.07, 6.45) is 7.41. The lowest BCUT2D eigenvalue weighted by Gasteiger charge is -2.19. The van der Waals surface area contributed by atoms with Gasteiger partial charge < -0.3 is 9.84 Å². The van der Waals surface area contributed by atoms with Gasteiger partial charge in [-0.25, -0.2) is 0 Å². The van der Waals surface area contributed by atoms with Crippen LogP contribution in [0.1, 0.15) is 44.3 Å². The molecular weight excluding hydrogens is 264 g/mol. The van der Waals surface area contributed by atoms with Gasteiger partial charge in [-0.3, -0.25) is 4.79 Å². The van der Waals surface area contributed by atoms with E-state index in [9.17, 15) is 4.79 Å². The number of amides is 1. The molecule has 0 radical (unpaired) electrons. The van der Waals surface area contributed by atoms with E-state index in [1.165, 1.54) is 25.7 Å². The zero-order valence-corrected chi connectivity index (χ0v) is 11.7. The van der Waals surface area contributed by atoms with Crippen molar-refractivity contribution in [1.29, 1.82) is 0 Å². The molecule has 1 heterocycles. The zero-order chi connectivity index (χ0) is 13.2. The lowest BCUT2D eigenvalue weighted by atomic mass is 9.97. The van der Waals surface area contributed by atoms with E-state index in [1.807, 2.05) is 0 Å². The van der Waals surface area contributed by atoms with Gasteiger partial charge in [0.1, 0.15) is 5.76 Å². The van der Waals surface area contributed by atoms with Crippen LogP contribution in [0, 0.1) is 11.8 Å². The first-order valence-corrected chi connectivity index (χ1v) is 7.50. The Labute approximate surface area is 117 Å². The summed E-state index contributed by atoms with van der Waals surface area (Å²) in [5, 5.41) is 7.14. The minimum Gasteiger partial charge on any atom is -0.360 e. The Bertz CT molecular complexity index is 460. The summed E-state index contributed by atoms with van der Waals surface area (Å²) >= 11 is 5.67. The lowest BCUT2D eigenvalue weighted by Crippen LogP contribution is -2.37. The maximum Gasteiger partial charge on any atom is 0.220 e. The van der Waals surface area contributed by atoms with Gasteiger partial charge in [-0.2, -0.15) is 0 Å². The summed E-state index contributed by atoms with van der Waals surface area (Å²) in [5.41, 5.74) is 0. The summed E-state index contributed by atoms with van der Waals surface area (Å²) < 4.78 is 4.99. The van der Waals surface area contributed by atoms with Gasteiger partial charge in [0, 0.05) is 24.9 Å². The van der Waals surface area contributed by atoms with Crippen molar-refractivity contribution in [1.82, 2.24) is 10.5 Å². The molecule has 104 valence electrons. The average molecular weight is 283 g/mol. The number of halogens is 1. The normalized spacial score (nSPS) is 29.4. The van der Waals surface area contributed by atoms with Crippen LogP contribution >= 0.6 is 11.6 Å². The fraction of sp³-hybridized carbons (Fsp3) is 0.714. The van der Waals surface area contributed by atoms with Crippen molar-refractivity contribution < 1.29 is 9.32 Å². The Kier molecular flexibility index (Phi) is 3.78. The molecule has 19 heavy (non-hydrogen) atoms. The first-order chi connectivity index (χ1) is 9.22.